The molecule has 0 fully saturated rings. The number of nitrogens with two attached hydrogens (primary N) is 1. The van der Waals surface area contributed by atoms with Crippen molar-refractivity contribution in [2.75, 3.05) is 11.9 Å². The second-order valence-electron chi connectivity index (χ2n) is 3.84. The van der Waals surface area contributed by atoms with Crippen molar-refractivity contribution in [2.24, 2.45) is 5.73 Å². The van der Waals surface area contributed by atoms with Gasteiger partial charge in [-0.15, -0.1) is 0 Å². The summed E-state index contributed by atoms with van der Waals surface area (Å²) in [4.78, 5) is 13.4. The summed E-state index contributed by atoms with van der Waals surface area (Å²) in [5, 5.41) is 3.44. The average molecular weight is 293 g/mol. The van der Waals surface area contributed by atoms with E-state index in [1.54, 1.807) is 11.8 Å². The molecule has 0 saturated carbocycles. The number of hydrogen-bond donors (Lipinski definition) is 2. The van der Waals surface area contributed by atoms with E-state index in [9.17, 15) is 4.79 Å². The number of halogens is 1. The lowest BCUT2D eigenvalue weighted by molar-refractivity contribution is -0.114. The normalized spacial score (nSPS) is 10.2. The van der Waals surface area contributed by atoms with Gasteiger partial charge in [0.2, 0.25) is 5.91 Å². The second-order valence-corrected chi connectivity index (χ2v) is 5.42. The number of carbonyl (C=O) groups excluding carboxylic acids is 1. The van der Waals surface area contributed by atoms with Crippen LogP contribution in [0.15, 0.2) is 58.3 Å². The highest BCUT2D eigenvalue weighted by Crippen LogP contribution is 2.30. The van der Waals surface area contributed by atoms with E-state index in [0.29, 0.717) is 5.02 Å². The molecule has 0 aliphatic rings. The Bertz CT molecular complexity index is 572. The zero-order valence-corrected chi connectivity index (χ0v) is 11.7. The third-order valence-electron chi connectivity index (χ3n) is 2.35. The number of rotatable bonds is 4. The molecule has 0 aliphatic carbocycles. The van der Waals surface area contributed by atoms with E-state index in [4.69, 9.17) is 17.3 Å². The van der Waals surface area contributed by atoms with Gasteiger partial charge in [-0.1, -0.05) is 29.4 Å². The van der Waals surface area contributed by atoms with Gasteiger partial charge in [-0.2, -0.15) is 0 Å². The van der Waals surface area contributed by atoms with Crippen molar-refractivity contribution in [1.82, 2.24) is 0 Å². The van der Waals surface area contributed by atoms with E-state index in [1.165, 1.54) is 0 Å². The average Bonchev–Trinajstić information content (AvgIpc) is 2.42. The minimum absolute atomic E-state index is 0.0193. The summed E-state index contributed by atoms with van der Waals surface area (Å²) in [7, 11) is 0. The Labute approximate surface area is 121 Å². The number of benzene rings is 2. The van der Waals surface area contributed by atoms with Crippen LogP contribution in [0.5, 0.6) is 0 Å². The molecule has 0 bridgehead atoms. The summed E-state index contributed by atoms with van der Waals surface area (Å²) >= 11 is 7.45. The molecule has 0 saturated heterocycles. The molecule has 98 valence electrons. The van der Waals surface area contributed by atoms with Crippen LogP contribution in [0.2, 0.25) is 5.02 Å². The highest BCUT2D eigenvalue weighted by Gasteiger charge is 2.02. The molecule has 3 N–H and O–H groups in total. The number of carbonyl (C=O) groups is 1. The van der Waals surface area contributed by atoms with Gasteiger partial charge >= 0.3 is 0 Å². The molecule has 19 heavy (non-hydrogen) atoms. The first-order chi connectivity index (χ1) is 9.17. The molecular weight excluding hydrogens is 280 g/mol. The van der Waals surface area contributed by atoms with Gasteiger partial charge in [0.1, 0.15) is 0 Å². The molecule has 0 aromatic heterocycles. The van der Waals surface area contributed by atoms with Crippen LogP contribution in [0.25, 0.3) is 0 Å². The molecule has 5 heteroatoms. The standard InChI is InChI=1S/C14H13ClN2OS/c15-10-4-6-12(7-5-10)19-13-3-1-2-11(8-13)17-14(18)9-16/h1-8H,9,16H2,(H,17,18). The Balaban J connectivity index is 2.10. The molecule has 3 nitrogen and oxygen atoms in total. The van der Waals surface area contributed by atoms with Crippen LogP contribution in [-0.4, -0.2) is 12.5 Å². The SMILES string of the molecule is NCC(=O)Nc1cccc(Sc2ccc(Cl)cc2)c1. The van der Waals surface area contributed by atoms with Gasteiger partial charge in [-0.05, 0) is 42.5 Å². The molecule has 2 rings (SSSR count). The van der Waals surface area contributed by atoms with Gasteiger partial charge < -0.3 is 11.1 Å². The molecular formula is C14H13ClN2OS. The number of amides is 1. The van der Waals surface area contributed by atoms with Gasteiger partial charge in [-0.3, -0.25) is 4.79 Å². The maximum Gasteiger partial charge on any atom is 0.238 e. The van der Waals surface area contributed by atoms with Gasteiger partial charge in [-0.25, -0.2) is 0 Å². The van der Waals surface area contributed by atoms with Crippen molar-refractivity contribution in [2.45, 2.75) is 9.79 Å². The zero-order valence-electron chi connectivity index (χ0n) is 10.1. The first-order valence-electron chi connectivity index (χ1n) is 5.71. The molecule has 0 unspecified atom stereocenters. The van der Waals surface area contributed by atoms with Crippen LogP contribution in [-0.2, 0) is 4.79 Å². The molecule has 1 amide bonds. The first kappa shape index (κ1) is 13.9. The van der Waals surface area contributed by atoms with E-state index in [2.05, 4.69) is 5.32 Å². The molecule has 2 aromatic carbocycles. The summed E-state index contributed by atoms with van der Waals surface area (Å²) in [6.45, 7) is -0.0193. The monoisotopic (exact) mass is 292 g/mol. The number of nitrogens with one attached hydrogen (secondary N) is 1. The third kappa shape index (κ3) is 4.28. The predicted octanol–water partition coefficient (Wildman–Crippen LogP) is 3.39. The van der Waals surface area contributed by atoms with E-state index in [-0.39, 0.29) is 12.5 Å². The topological polar surface area (TPSA) is 55.1 Å². The van der Waals surface area contributed by atoms with Gasteiger partial charge in [0, 0.05) is 20.5 Å². The Hall–Kier alpha value is -1.49. The van der Waals surface area contributed by atoms with Crippen molar-refractivity contribution >= 4 is 35.0 Å². The minimum atomic E-state index is -0.200. The van der Waals surface area contributed by atoms with Crippen molar-refractivity contribution in [3.05, 3.63) is 53.6 Å². The largest absolute Gasteiger partial charge is 0.325 e. The van der Waals surface area contributed by atoms with Crippen molar-refractivity contribution in [3.63, 3.8) is 0 Å². The lowest BCUT2D eigenvalue weighted by atomic mass is 10.3. The van der Waals surface area contributed by atoms with Crippen molar-refractivity contribution in [3.8, 4) is 0 Å². The summed E-state index contributed by atoms with van der Waals surface area (Å²) in [6, 6.07) is 15.2. The smallest absolute Gasteiger partial charge is 0.238 e. The summed E-state index contributed by atoms with van der Waals surface area (Å²) in [5.41, 5.74) is 6.01. The van der Waals surface area contributed by atoms with E-state index in [1.807, 2.05) is 48.5 Å². The maximum absolute atomic E-state index is 11.2. The fraction of sp³-hybridized carbons (Fsp3) is 0.0714. The Morgan fingerprint density at radius 3 is 2.58 bits per heavy atom. The molecule has 0 radical (unpaired) electrons. The van der Waals surface area contributed by atoms with E-state index in [0.717, 1.165) is 15.5 Å². The van der Waals surface area contributed by atoms with Crippen molar-refractivity contribution in [1.29, 1.82) is 0 Å². The Kier molecular flexibility index (Phi) is 4.85. The fourth-order valence-electron chi connectivity index (χ4n) is 1.49. The van der Waals surface area contributed by atoms with E-state index >= 15 is 0 Å². The maximum atomic E-state index is 11.2. The third-order valence-corrected chi connectivity index (χ3v) is 3.60. The molecule has 0 heterocycles. The Morgan fingerprint density at radius 2 is 1.89 bits per heavy atom. The molecule has 0 aliphatic heterocycles. The minimum Gasteiger partial charge on any atom is -0.325 e. The Morgan fingerprint density at radius 1 is 1.16 bits per heavy atom. The molecule has 0 spiro atoms. The van der Waals surface area contributed by atoms with Crippen LogP contribution in [0, 0.1) is 0 Å². The van der Waals surface area contributed by atoms with Gasteiger partial charge in [0.25, 0.3) is 0 Å². The van der Waals surface area contributed by atoms with Crippen LogP contribution in [0.3, 0.4) is 0 Å². The fourth-order valence-corrected chi connectivity index (χ4v) is 2.49. The van der Waals surface area contributed by atoms with Crippen LogP contribution < -0.4 is 11.1 Å². The number of anilines is 1. The molecule has 0 atom stereocenters. The quantitative estimate of drug-likeness (QED) is 0.908. The van der Waals surface area contributed by atoms with Crippen LogP contribution >= 0.6 is 23.4 Å². The number of hydrogen-bond acceptors (Lipinski definition) is 3. The van der Waals surface area contributed by atoms with Crippen molar-refractivity contribution < 1.29 is 4.79 Å². The lowest BCUT2D eigenvalue weighted by Crippen LogP contribution is -2.21. The summed E-state index contributed by atoms with van der Waals surface area (Å²) < 4.78 is 0. The van der Waals surface area contributed by atoms with Crippen LogP contribution in [0.1, 0.15) is 0 Å². The van der Waals surface area contributed by atoms with Crippen LogP contribution in [0.4, 0.5) is 5.69 Å². The highest BCUT2D eigenvalue weighted by molar-refractivity contribution is 7.99. The second kappa shape index (κ2) is 6.61. The zero-order chi connectivity index (χ0) is 13.7. The highest BCUT2D eigenvalue weighted by atomic mass is 35.5. The van der Waals surface area contributed by atoms with E-state index < -0.39 is 0 Å². The summed E-state index contributed by atoms with van der Waals surface area (Å²) in [5.74, 6) is -0.200. The lowest BCUT2D eigenvalue weighted by Gasteiger charge is -2.06. The predicted molar refractivity (Wildman–Crippen MR) is 79.7 cm³/mol. The molecule has 2 aromatic rings. The van der Waals surface area contributed by atoms with Gasteiger partial charge in [0.15, 0.2) is 0 Å². The first-order valence-corrected chi connectivity index (χ1v) is 6.90. The summed E-state index contributed by atoms with van der Waals surface area (Å²) in [6.07, 6.45) is 0. The van der Waals surface area contributed by atoms with Gasteiger partial charge in [0.05, 0.1) is 6.54 Å².